The molecule has 0 bridgehead atoms. The van der Waals surface area contributed by atoms with E-state index in [1.54, 1.807) is 0 Å². The molecule has 4 nitrogen and oxygen atoms in total. The molecule has 1 aliphatic heterocycles. The molecular formula is C5H7NO3. The maximum absolute atomic E-state index is 10.4. The van der Waals surface area contributed by atoms with E-state index in [0.29, 0.717) is 0 Å². The van der Waals surface area contributed by atoms with E-state index in [1.165, 1.54) is 0 Å². The molecule has 9 heavy (non-hydrogen) atoms. The zero-order valence-corrected chi connectivity index (χ0v) is 4.76. The Hall–Kier alpha value is -0.900. The van der Waals surface area contributed by atoms with Crippen molar-refractivity contribution < 1.29 is 14.7 Å². The van der Waals surface area contributed by atoms with Gasteiger partial charge in [0, 0.05) is 6.61 Å². The second-order valence-corrected chi connectivity index (χ2v) is 1.92. The highest BCUT2D eigenvalue weighted by Gasteiger charge is 2.36. The Balaban J connectivity index is 2.39. The predicted molar refractivity (Wildman–Crippen MR) is 28.3 cm³/mol. The van der Waals surface area contributed by atoms with Gasteiger partial charge in [0.25, 0.3) is 0 Å². The minimum Gasteiger partial charge on any atom is -0.396 e. The van der Waals surface area contributed by atoms with Crippen molar-refractivity contribution in [1.82, 2.24) is 5.32 Å². The summed E-state index contributed by atoms with van der Waals surface area (Å²) >= 11 is 0. The first-order valence-electron chi connectivity index (χ1n) is 2.71. The van der Waals surface area contributed by atoms with Gasteiger partial charge in [-0.3, -0.25) is 14.9 Å². The van der Waals surface area contributed by atoms with Crippen LogP contribution in [0, 0.1) is 5.92 Å². The molecule has 1 saturated heterocycles. The van der Waals surface area contributed by atoms with E-state index >= 15 is 0 Å². The number of aliphatic hydroxyl groups is 1. The fourth-order valence-electron chi connectivity index (χ4n) is 0.728. The number of hydrogen-bond donors (Lipinski definition) is 2. The quantitative estimate of drug-likeness (QED) is 0.357. The van der Waals surface area contributed by atoms with Crippen molar-refractivity contribution in [3.8, 4) is 0 Å². The highest BCUT2D eigenvalue weighted by atomic mass is 16.3. The Morgan fingerprint density at radius 2 is 2.00 bits per heavy atom. The second-order valence-electron chi connectivity index (χ2n) is 1.92. The summed E-state index contributed by atoms with van der Waals surface area (Å²) in [6.45, 7) is -0.107. The van der Waals surface area contributed by atoms with Crippen LogP contribution in [-0.4, -0.2) is 23.5 Å². The van der Waals surface area contributed by atoms with Crippen LogP contribution in [0.2, 0.25) is 0 Å². The molecule has 1 fully saturated rings. The highest BCUT2D eigenvalue weighted by Crippen LogP contribution is 2.10. The average molecular weight is 129 g/mol. The molecule has 50 valence electrons. The van der Waals surface area contributed by atoms with Crippen LogP contribution in [0.25, 0.3) is 0 Å². The summed E-state index contributed by atoms with van der Waals surface area (Å²) in [5.41, 5.74) is 0. The third kappa shape index (κ3) is 0.929. The van der Waals surface area contributed by atoms with Gasteiger partial charge < -0.3 is 5.11 Å². The molecule has 1 aliphatic rings. The van der Waals surface area contributed by atoms with Crippen LogP contribution in [0.15, 0.2) is 0 Å². The van der Waals surface area contributed by atoms with Crippen LogP contribution in [-0.2, 0) is 9.59 Å². The van der Waals surface area contributed by atoms with E-state index < -0.39 is 5.92 Å². The van der Waals surface area contributed by atoms with Crippen molar-refractivity contribution in [3.05, 3.63) is 0 Å². The fourth-order valence-corrected chi connectivity index (χ4v) is 0.728. The maximum atomic E-state index is 10.4. The molecular weight excluding hydrogens is 122 g/mol. The largest absolute Gasteiger partial charge is 0.396 e. The third-order valence-corrected chi connectivity index (χ3v) is 1.30. The van der Waals surface area contributed by atoms with Gasteiger partial charge >= 0.3 is 0 Å². The van der Waals surface area contributed by atoms with Crippen molar-refractivity contribution >= 4 is 11.8 Å². The topological polar surface area (TPSA) is 66.4 Å². The number of aliphatic hydroxyl groups excluding tert-OH is 1. The van der Waals surface area contributed by atoms with Gasteiger partial charge in [-0.15, -0.1) is 0 Å². The van der Waals surface area contributed by atoms with Crippen LogP contribution in [0.5, 0.6) is 0 Å². The van der Waals surface area contributed by atoms with Crippen LogP contribution in [0.3, 0.4) is 0 Å². The number of carbonyl (C=O) groups is 2. The third-order valence-electron chi connectivity index (χ3n) is 1.30. The van der Waals surface area contributed by atoms with Gasteiger partial charge in [0.2, 0.25) is 11.8 Å². The van der Waals surface area contributed by atoms with Gasteiger partial charge in [-0.05, 0) is 6.42 Å². The summed E-state index contributed by atoms with van der Waals surface area (Å²) in [4.78, 5) is 20.8. The van der Waals surface area contributed by atoms with E-state index in [-0.39, 0.29) is 24.8 Å². The number of β-lactam (4-membered cyclic amide) rings is 2. The lowest BCUT2D eigenvalue weighted by atomic mass is 9.98. The number of hydrogen-bond acceptors (Lipinski definition) is 3. The van der Waals surface area contributed by atoms with Gasteiger partial charge in [0.1, 0.15) is 5.92 Å². The first kappa shape index (κ1) is 6.22. The Bertz CT molecular complexity index is 140. The monoisotopic (exact) mass is 129 g/mol. The Morgan fingerprint density at radius 3 is 2.22 bits per heavy atom. The second kappa shape index (κ2) is 2.14. The number of amides is 2. The van der Waals surface area contributed by atoms with Crippen LogP contribution in [0.4, 0.5) is 0 Å². The predicted octanol–water partition coefficient (Wildman–Crippen LogP) is -1.36. The van der Waals surface area contributed by atoms with E-state index in [2.05, 4.69) is 5.32 Å². The minimum atomic E-state index is -0.574. The van der Waals surface area contributed by atoms with Crippen molar-refractivity contribution in [2.45, 2.75) is 6.42 Å². The molecule has 0 aromatic heterocycles. The molecule has 0 aliphatic carbocycles. The molecule has 0 unspecified atom stereocenters. The smallest absolute Gasteiger partial charge is 0.239 e. The molecule has 0 aromatic carbocycles. The van der Waals surface area contributed by atoms with Gasteiger partial charge in [-0.1, -0.05) is 0 Å². The van der Waals surface area contributed by atoms with Crippen molar-refractivity contribution in [1.29, 1.82) is 0 Å². The molecule has 2 amide bonds. The standard InChI is InChI=1S/C5H7NO3/c7-2-1-3-4(8)6-5(3)9/h3,7H,1-2H2,(H,6,8,9). The molecule has 0 radical (unpaired) electrons. The fraction of sp³-hybridized carbons (Fsp3) is 0.600. The molecule has 1 heterocycles. The molecule has 2 N–H and O–H groups in total. The zero-order chi connectivity index (χ0) is 6.85. The molecule has 0 atom stereocenters. The Morgan fingerprint density at radius 1 is 1.44 bits per heavy atom. The van der Waals surface area contributed by atoms with Gasteiger partial charge in [0.15, 0.2) is 0 Å². The average Bonchev–Trinajstić information content (AvgIpc) is 1.84. The highest BCUT2D eigenvalue weighted by molar-refractivity contribution is 6.17. The summed E-state index contributed by atoms with van der Waals surface area (Å²) in [6, 6.07) is 0. The van der Waals surface area contributed by atoms with Crippen LogP contribution in [0.1, 0.15) is 6.42 Å². The molecule has 0 saturated carbocycles. The lowest BCUT2D eigenvalue weighted by Crippen LogP contribution is -2.54. The molecule has 0 aromatic rings. The maximum Gasteiger partial charge on any atom is 0.239 e. The molecule has 4 heteroatoms. The summed E-state index contributed by atoms with van der Waals surface area (Å²) in [5, 5.41) is 10.4. The van der Waals surface area contributed by atoms with E-state index in [0.717, 1.165) is 0 Å². The normalized spacial score (nSPS) is 19.2. The summed E-state index contributed by atoms with van der Waals surface area (Å²) < 4.78 is 0. The summed E-state index contributed by atoms with van der Waals surface area (Å²) in [7, 11) is 0. The van der Waals surface area contributed by atoms with E-state index in [9.17, 15) is 9.59 Å². The van der Waals surface area contributed by atoms with Crippen LogP contribution >= 0.6 is 0 Å². The summed E-state index contributed by atoms with van der Waals surface area (Å²) in [6.07, 6.45) is 0.255. The molecule has 0 spiro atoms. The number of rotatable bonds is 2. The van der Waals surface area contributed by atoms with Crippen molar-refractivity contribution in [2.24, 2.45) is 5.92 Å². The lowest BCUT2D eigenvalue weighted by Gasteiger charge is -2.22. The van der Waals surface area contributed by atoms with E-state index in [1.807, 2.05) is 0 Å². The van der Waals surface area contributed by atoms with Crippen LogP contribution < -0.4 is 5.32 Å². The SMILES string of the molecule is O=C1NC(=O)C1CCO. The van der Waals surface area contributed by atoms with Gasteiger partial charge in [-0.2, -0.15) is 0 Å². The number of imide groups is 1. The van der Waals surface area contributed by atoms with Crippen molar-refractivity contribution in [3.63, 3.8) is 0 Å². The number of nitrogens with one attached hydrogen (secondary N) is 1. The minimum absolute atomic E-state index is 0.107. The lowest BCUT2D eigenvalue weighted by molar-refractivity contribution is -0.148. The molecule has 1 rings (SSSR count). The first-order valence-corrected chi connectivity index (χ1v) is 2.71. The van der Waals surface area contributed by atoms with Gasteiger partial charge in [0.05, 0.1) is 0 Å². The van der Waals surface area contributed by atoms with E-state index in [4.69, 9.17) is 5.11 Å². The number of carbonyl (C=O) groups excluding carboxylic acids is 2. The zero-order valence-electron chi connectivity index (χ0n) is 4.76. The summed E-state index contributed by atoms with van der Waals surface area (Å²) in [5.74, 6) is -1.11. The van der Waals surface area contributed by atoms with Crippen molar-refractivity contribution in [2.75, 3.05) is 6.61 Å². The van der Waals surface area contributed by atoms with Gasteiger partial charge in [-0.25, -0.2) is 0 Å². The Kier molecular flexibility index (Phi) is 1.48. The first-order chi connectivity index (χ1) is 4.25. The Labute approximate surface area is 51.9 Å².